The molecule has 13 heavy (non-hydrogen) atoms. The molecule has 0 unspecified atom stereocenters. The summed E-state index contributed by atoms with van der Waals surface area (Å²) in [7, 11) is 0. The first kappa shape index (κ1) is 9.63. The highest BCUT2D eigenvalue weighted by atomic mass is 35.5. The van der Waals surface area contributed by atoms with Crippen molar-refractivity contribution in [2.75, 3.05) is 0 Å². The van der Waals surface area contributed by atoms with Crippen LogP contribution in [0.15, 0.2) is 18.2 Å². The molecular formula is C7H7ClN2O3. The van der Waals surface area contributed by atoms with Crippen LogP contribution in [0.3, 0.4) is 0 Å². The van der Waals surface area contributed by atoms with Crippen LogP contribution in [0.2, 0.25) is 0 Å². The summed E-state index contributed by atoms with van der Waals surface area (Å²) < 4.78 is 0. The predicted octanol–water partition coefficient (Wildman–Crippen LogP) is 0.398. The highest BCUT2D eigenvalue weighted by Gasteiger charge is 2.15. The number of benzene rings is 1. The zero-order valence-electron chi connectivity index (χ0n) is 6.44. The van der Waals surface area contributed by atoms with E-state index < -0.39 is 5.91 Å². The number of amides is 1. The summed E-state index contributed by atoms with van der Waals surface area (Å²) in [5.41, 5.74) is 7.64. The Bertz CT molecular complexity index is 343. The topological polar surface area (TPSA) is 73.6 Å². The Balaban J connectivity index is 0.000000845. The summed E-state index contributed by atoms with van der Waals surface area (Å²) in [6.07, 6.45) is 0. The normalized spacial score (nSPS) is 12.0. The fourth-order valence-electron chi connectivity index (χ4n) is 0.936. The highest BCUT2D eigenvalue weighted by molar-refractivity contribution is 5.93. The zero-order chi connectivity index (χ0) is 8.55. The Labute approximate surface area is 80.1 Å². The predicted molar refractivity (Wildman–Crippen MR) is 46.6 cm³/mol. The van der Waals surface area contributed by atoms with Crippen LogP contribution >= 0.6 is 12.4 Å². The summed E-state index contributed by atoms with van der Waals surface area (Å²) in [5.74, 6) is 0.514. The van der Waals surface area contributed by atoms with Gasteiger partial charge < -0.3 is 15.4 Å². The second-order valence-electron chi connectivity index (χ2n) is 2.31. The minimum atomic E-state index is -0.492. The van der Waals surface area contributed by atoms with Crippen molar-refractivity contribution in [3.8, 4) is 11.5 Å². The Morgan fingerprint density at radius 1 is 1.31 bits per heavy atom. The number of hydrogen-bond donors (Lipinski definition) is 2. The van der Waals surface area contributed by atoms with Crippen LogP contribution in [-0.4, -0.2) is 5.91 Å². The Morgan fingerprint density at radius 2 is 2.00 bits per heavy atom. The van der Waals surface area contributed by atoms with Crippen molar-refractivity contribution < 1.29 is 14.5 Å². The Hall–Kier alpha value is -1.46. The molecule has 3 N–H and O–H groups in total. The van der Waals surface area contributed by atoms with E-state index >= 15 is 0 Å². The molecule has 0 bridgehead atoms. The van der Waals surface area contributed by atoms with Crippen molar-refractivity contribution in [2.45, 2.75) is 0 Å². The summed E-state index contributed by atoms with van der Waals surface area (Å²) in [5, 5.41) is 0. The van der Waals surface area contributed by atoms with Gasteiger partial charge >= 0.3 is 0 Å². The molecule has 0 saturated carbocycles. The molecule has 1 amide bonds. The molecule has 0 aliphatic carbocycles. The van der Waals surface area contributed by atoms with Crippen molar-refractivity contribution in [1.29, 1.82) is 0 Å². The lowest BCUT2D eigenvalue weighted by atomic mass is 10.2. The van der Waals surface area contributed by atoms with E-state index in [1.54, 1.807) is 12.1 Å². The third-order valence-corrected chi connectivity index (χ3v) is 1.53. The van der Waals surface area contributed by atoms with Gasteiger partial charge in [0.25, 0.3) is 0 Å². The number of rotatable bonds is 1. The zero-order valence-corrected chi connectivity index (χ0v) is 7.26. The van der Waals surface area contributed by atoms with Crippen LogP contribution in [0.5, 0.6) is 11.5 Å². The smallest absolute Gasteiger partial charge is 0.248 e. The maximum absolute atomic E-state index is 10.7. The summed E-state index contributed by atoms with van der Waals surface area (Å²) >= 11 is 0. The number of carbonyl (C=O) groups excluding carboxylic acids is 1. The first-order valence-electron chi connectivity index (χ1n) is 3.30. The van der Waals surface area contributed by atoms with E-state index in [2.05, 4.69) is 5.64 Å². The maximum atomic E-state index is 10.7. The van der Waals surface area contributed by atoms with Gasteiger partial charge in [-0.05, 0) is 18.2 Å². The maximum Gasteiger partial charge on any atom is 0.248 e. The van der Waals surface area contributed by atoms with Crippen LogP contribution in [0.25, 0.3) is 0 Å². The van der Waals surface area contributed by atoms with E-state index in [0.717, 1.165) is 0 Å². The average Bonchev–Trinajstić information content (AvgIpc) is 2.49. The molecule has 0 atom stereocenters. The van der Waals surface area contributed by atoms with Gasteiger partial charge in [-0.25, -0.2) is 0 Å². The van der Waals surface area contributed by atoms with Crippen molar-refractivity contribution in [3.05, 3.63) is 23.8 Å². The molecule has 1 aliphatic rings. The number of carbonyl (C=O) groups is 1. The minimum absolute atomic E-state index is 0. The number of nitrogens with one attached hydrogen (secondary N) is 1. The molecule has 1 heterocycles. The van der Waals surface area contributed by atoms with Gasteiger partial charge in [-0.2, -0.15) is 0 Å². The molecule has 0 saturated heterocycles. The monoisotopic (exact) mass is 202 g/mol. The fraction of sp³-hybridized carbons (Fsp3) is 0. The van der Waals surface area contributed by atoms with Gasteiger partial charge in [0, 0.05) is 11.2 Å². The third-order valence-electron chi connectivity index (χ3n) is 1.53. The number of fused-ring (bicyclic) bond motifs is 1. The van der Waals surface area contributed by atoms with E-state index in [1.165, 1.54) is 6.07 Å². The minimum Gasteiger partial charge on any atom is -0.370 e. The second kappa shape index (κ2) is 3.51. The molecular weight excluding hydrogens is 196 g/mol. The highest BCUT2D eigenvalue weighted by Crippen LogP contribution is 2.30. The van der Waals surface area contributed by atoms with Crippen LogP contribution < -0.4 is 21.1 Å². The molecule has 1 aliphatic heterocycles. The third kappa shape index (κ3) is 1.66. The Kier molecular flexibility index (Phi) is 2.60. The lowest BCUT2D eigenvalue weighted by molar-refractivity contribution is 0.0259. The van der Waals surface area contributed by atoms with Gasteiger partial charge in [0.2, 0.25) is 5.91 Å². The van der Waals surface area contributed by atoms with E-state index in [4.69, 9.17) is 15.4 Å². The van der Waals surface area contributed by atoms with Gasteiger partial charge in [-0.3, -0.25) is 4.79 Å². The van der Waals surface area contributed by atoms with Gasteiger partial charge in [0.05, 0.1) is 0 Å². The molecule has 1 aromatic carbocycles. The van der Waals surface area contributed by atoms with E-state index in [1.807, 2.05) is 0 Å². The molecule has 0 radical (unpaired) electrons. The first-order chi connectivity index (χ1) is 5.77. The largest absolute Gasteiger partial charge is 0.370 e. The number of primary amides is 1. The molecule has 0 aromatic heterocycles. The van der Waals surface area contributed by atoms with Crippen LogP contribution in [0.4, 0.5) is 0 Å². The molecule has 6 heteroatoms. The number of hydrogen-bond acceptors (Lipinski definition) is 4. The van der Waals surface area contributed by atoms with Gasteiger partial charge in [0.1, 0.15) is 0 Å². The summed E-state index contributed by atoms with van der Waals surface area (Å²) in [6, 6.07) is 4.69. The van der Waals surface area contributed by atoms with Gasteiger partial charge in [-0.15, -0.1) is 12.4 Å². The van der Waals surface area contributed by atoms with Crippen molar-refractivity contribution in [3.63, 3.8) is 0 Å². The van der Waals surface area contributed by atoms with Gasteiger partial charge in [-0.1, -0.05) is 0 Å². The SMILES string of the molecule is Cl.NC(=O)c1ccc2c(c1)ONO2. The lowest BCUT2D eigenvalue weighted by Crippen LogP contribution is -2.14. The van der Waals surface area contributed by atoms with Crippen molar-refractivity contribution in [1.82, 2.24) is 5.64 Å². The number of halogens is 1. The first-order valence-corrected chi connectivity index (χ1v) is 3.30. The van der Waals surface area contributed by atoms with Crippen LogP contribution in [0, 0.1) is 0 Å². The average molecular weight is 203 g/mol. The van der Waals surface area contributed by atoms with Crippen molar-refractivity contribution >= 4 is 18.3 Å². The number of nitrogens with two attached hydrogens (primary N) is 1. The van der Waals surface area contributed by atoms with E-state index in [0.29, 0.717) is 17.1 Å². The summed E-state index contributed by atoms with van der Waals surface area (Å²) in [6.45, 7) is 0. The lowest BCUT2D eigenvalue weighted by Gasteiger charge is -1.95. The fourth-order valence-corrected chi connectivity index (χ4v) is 0.936. The molecule has 1 aromatic rings. The molecule has 5 nitrogen and oxygen atoms in total. The standard InChI is InChI=1S/C7H6N2O3.ClH/c8-7(10)4-1-2-5-6(3-4)12-9-11-5;/h1-3,9H,(H2,8,10);1H. The van der Waals surface area contributed by atoms with E-state index in [9.17, 15) is 4.79 Å². The Morgan fingerprint density at radius 3 is 2.69 bits per heavy atom. The van der Waals surface area contributed by atoms with Crippen LogP contribution in [0.1, 0.15) is 10.4 Å². The quantitative estimate of drug-likeness (QED) is 0.691. The second-order valence-corrected chi connectivity index (χ2v) is 2.31. The molecule has 70 valence electrons. The summed E-state index contributed by atoms with van der Waals surface area (Å²) in [4.78, 5) is 20.3. The molecule has 2 rings (SSSR count). The van der Waals surface area contributed by atoms with Crippen molar-refractivity contribution in [2.24, 2.45) is 5.73 Å². The van der Waals surface area contributed by atoms with Crippen LogP contribution in [-0.2, 0) is 0 Å². The molecule has 0 fully saturated rings. The van der Waals surface area contributed by atoms with E-state index in [-0.39, 0.29) is 12.4 Å². The molecule has 0 spiro atoms. The van der Waals surface area contributed by atoms with Gasteiger partial charge in [0.15, 0.2) is 11.5 Å².